The zero-order valence-electron chi connectivity index (χ0n) is 11.1. The zero-order valence-corrected chi connectivity index (χ0v) is 11.1. The van der Waals surface area contributed by atoms with Crippen LogP contribution in [0.5, 0.6) is 0 Å². The molecule has 1 aliphatic carbocycles. The van der Waals surface area contributed by atoms with Crippen molar-refractivity contribution in [2.75, 3.05) is 13.2 Å². The fourth-order valence-corrected chi connectivity index (χ4v) is 1.44. The van der Waals surface area contributed by atoms with Crippen molar-refractivity contribution in [3.63, 3.8) is 0 Å². The number of nitrogens with one attached hydrogen (secondary N) is 2. The smallest absolute Gasteiger partial charge is 0.332 e. The summed E-state index contributed by atoms with van der Waals surface area (Å²) in [5, 5.41) is 5.35. The van der Waals surface area contributed by atoms with E-state index in [1.165, 1.54) is 0 Å². The lowest BCUT2D eigenvalue weighted by Gasteiger charge is -2.11. The average molecular weight is 271 g/mol. The van der Waals surface area contributed by atoms with Gasteiger partial charge in [-0.15, -0.1) is 0 Å². The molecule has 0 aromatic carbocycles. The van der Waals surface area contributed by atoms with Crippen LogP contribution in [-0.2, 0) is 19.1 Å². The van der Waals surface area contributed by atoms with Gasteiger partial charge in [0.25, 0.3) is 0 Å². The number of esters is 1. The summed E-state index contributed by atoms with van der Waals surface area (Å²) in [5.74, 6) is -1.33. The van der Waals surface area contributed by atoms with Crippen LogP contribution in [0.2, 0.25) is 0 Å². The maximum atomic E-state index is 11.5. The van der Waals surface area contributed by atoms with Gasteiger partial charge < -0.3 is 21.1 Å². The maximum absolute atomic E-state index is 11.5. The maximum Gasteiger partial charge on any atom is 0.332 e. The highest BCUT2D eigenvalue weighted by Gasteiger charge is 2.24. The van der Waals surface area contributed by atoms with Crippen LogP contribution in [0.3, 0.4) is 0 Å². The molecule has 7 nitrogen and oxygen atoms in total. The van der Waals surface area contributed by atoms with Gasteiger partial charge in [-0.05, 0) is 26.2 Å². The molecule has 1 fully saturated rings. The van der Waals surface area contributed by atoms with Gasteiger partial charge in [0.2, 0.25) is 11.8 Å². The number of carbonyl (C=O) groups is 3. The van der Waals surface area contributed by atoms with Crippen LogP contribution in [0, 0.1) is 0 Å². The van der Waals surface area contributed by atoms with Crippen molar-refractivity contribution in [1.29, 1.82) is 0 Å². The topological polar surface area (TPSA) is 111 Å². The number of amides is 2. The molecule has 19 heavy (non-hydrogen) atoms. The van der Waals surface area contributed by atoms with Crippen molar-refractivity contribution in [3.8, 4) is 0 Å². The number of ether oxygens (including phenoxy) is 1. The quantitative estimate of drug-likeness (QED) is 0.299. The number of nitrogens with two attached hydrogens (primary N) is 1. The first-order chi connectivity index (χ1) is 9.04. The molecular formula is C12H21N3O4. The van der Waals surface area contributed by atoms with Crippen LogP contribution in [0.25, 0.3) is 0 Å². The van der Waals surface area contributed by atoms with Crippen LogP contribution in [0.1, 0.15) is 32.6 Å². The molecule has 1 rings (SSSR count). The van der Waals surface area contributed by atoms with Gasteiger partial charge in [-0.3, -0.25) is 9.59 Å². The van der Waals surface area contributed by atoms with Crippen LogP contribution >= 0.6 is 0 Å². The van der Waals surface area contributed by atoms with E-state index in [0.717, 1.165) is 12.8 Å². The minimum Gasteiger partial charge on any atom is -0.464 e. The first-order valence-corrected chi connectivity index (χ1v) is 6.54. The number of carbonyl (C=O) groups excluding carboxylic acids is 3. The van der Waals surface area contributed by atoms with E-state index in [1.807, 2.05) is 0 Å². The Labute approximate surface area is 112 Å². The highest BCUT2D eigenvalue weighted by atomic mass is 16.5. The molecular weight excluding hydrogens is 250 g/mol. The SMILES string of the molecule is CCOC(=O)C(N)C(=O)NCCCC(=O)NC1CC1. The minimum absolute atomic E-state index is 0.00793. The van der Waals surface area contributed by atoms with Gasteiger partial charge in [-0.1, -0.05) is 0 Å². The van der Waals surface area contributed by atoms with Crippen molar-refractivity contribution in [3.05, 3.63) is 0 Å². The second kappa shape index (κ2) is 7.73. The molecule has 0 saturated heterocycles. The molecule has 0 radical (unpaired) electrons. The Morgan fingerprint density at radius 1 is 1.37 bits per heavy atom. The number of rotatable bonds is 8. The Bertz CT molecular complexity index is 342. The molecule has 4 N–H and O–H groups in total. The summed E-state index contributed by atoms with van der Waals surface area (Å²) in [6.45, 7) is 2.13. The third kappa shape index (κ3) is 6.19. The molecule has 0 bridgehead atoms. The van der Waals surface area contributed by atoms with Crippen LogP contribution in [0.4, 0.5) is 0 Å². The first kappa shape index (κ1) is 15.4. The summed E-state index contributed by atoms with van der Waals surface area (Å²) in [6, 6.07) is -0.959. The largest absolute Gasteiger partial charge is 0.464 e. The molecule has 1 aliphatic rings. The van der Waals surface area contributed by atoms with E-state index in [-0.39, 0.29) is 12.5 Å². The summed E-state index contributed by atoms with van der Waals surface area (Å²) in [6.07, 6.45) is 2.97. The molecule has 1 saturated carbocycles. The molecule has 108 valence electrons. The summed E-state index contributed by atoms with van der Waals surface area (Å²) in [4.78, 5) is 34.0. The van der Waals surface area contributed by atoms with E-state index in [1.54, 1.807) is 6.92 Å². The summed E-state index contributed by atoms with van der Waals surface area (Å²) < 4.78 is 4.63. The second-order valence-electron chi connectivity index (χ2n) is 4.47. The Kier molecular flexibility index (Phi) is 6.27. The van der Waals surface area contributed by atoms with Crippen molar-refractivity contribution in [2.24, 2.45) is 5.73 Å². The molecule has 0 aromatic heterocycles. The van der Waals surface area contributed by atoms with Gasteiger partial charge in [0.05, 0.1) is 6.61 Å². The lowest BCUT2D eigenvalue weighted by Crippen LogP contribution is -2.47. The number of hydrogen-bond donors (Lipinski definition) is 3. The second-order valence-corrected chi connectivity index (χ2v) is 4.47. The molecule has 7 heteroatoms. The van der Waals surface area contributed by atoms with Crippen molar-refractivity contribution < 1.29 is 19.1 Å². The Morgan fingerprint density at radius 2 is 2.05 bits per heavy atom. The molecule has 0 aromatic rings. The molecule has 0 aliphatic heterocycles. The fourth-order valence-electron chi connectivity index (χ4n) is 1.44. The lowest BCUT2D eigenvalue weighted by molar-refractivity contribution is -0.148. The van der Waals surface area contributed by atoms with E-state index in [4.69, 9.17) is 5.73 Å². The predicted octanol–water partition coefficient (Wildman–Crippen LogP) is -0.948. The van der Waals surface area contributed by atoms with Crippen LogP contribution in [-0.4, -0.2) is 43.0 Å². The van der Waals surface area contributed by atoms with Gasteiger partial charge in [0.15, 0.2) is 6.04 Å². The van der Waals surface area contributed by atoms with Crippen molar-refractivity contribution in [2.45, 2.75) is 44.7 Å². The lowest BCUT2D eigenvalue weighted by atomic mass is 10.2. The van der Waals surface area contributed by atoms with Crippen LogP contribution in [0.15, 0.2) is 0 Å². The van der Waals surface area contributed by atoms with Gasteiger partial charge in [0, 0.05) is 19.0 Å². The summed E-state index contributed by atoms with van der Waals surface area (Å²) in [5.41, 5.74) is 5.40. The molecule has 1 atom stereocenters. The summed E-state index contributed by atoms with van der Waals surface area (Å²) in [7, 11) is 0. The average Bonchev–Trinajstić information content (AvgIpc) is 3.17. The normalized spacial score (nSPS) is 15.5. The van der Waals surface area contributed by atoms with Crippen molar-refractivity contribution >= 4 is 17.8 Å². The number of hydrogen-bond acceptors (Lipinski definition) is 5. The van der Waals surface area contributed by atoms with Crippen molar-refractivity contribution in [1.82, 2.24) is 10.6 Å². The van der Waals surface area contributed by atoms with E-state index < -0.39 is 17.9 Å². The minimum atomic E-state index is -1.31. The van der Waals surface area contributed by atoms with Gasteiger partial charge >= 0.3 is 5.97 Å². The Hall–Kier alpha value is -1.63. The van der Waals surface area contributed by atoms with E-state index in [0.29, 0.717) is 25.4 Å². The van der Waals surface area contributed by atoms with Gasteiger partial charge in [-0.25, -0.2) is 4.79 Å². The molecule has 0 heterocycles. The highest BCUT2D eigenvalue weighted by molar-refractivity contribution is 6.01. The van der Waals surface area contributed by atoms with Gasteiger partial charge in [-0.2, -0.15) is 0 Å². The van der Waals surface area contributed by atoms with Crippen LogP contribution < -0.4 is 16.4 Å². The van der Waals surface area contributed by atoms with Gasteiger partial charge in [0.1, 0.15) is 0 Å². The summed E-state index contributed by atoms with van der Waals surface area (Å²) >= 11 is 0. The van der Waals surface area contributed by atoms with E-state index >= 15 is 0 Å². The fraction of sp³-hybridized carbons (Fsp3) is 0.750. The predicted molar refractivity (Wildman–Crippen MR) is 68.0 cm³/mol. The monoisotopic (exact) mass is 271 g/mol. The van der Waals surface area contributed by atoms with E-state index in [9.17, 15) is 14.4 Å². The highest BCUT2D eigenvalue weighted by Crippen LogP contribution is 2.18. The standard InChI is InChI=1S/C12H21N3O4/c1-2-19-12(18)10(13)11(17)14-7-3-4-9(16)15-8-5-6-8/h8,10H,2-7,13H2,1H3,(H,14,17)(H,15,16). The molecule has 0 spiro atoms. The third-order valence-corrected chi connectivity index (χ3v) is 2.65. The zero-order chi connectivity index (χ0) is 14.3. The Morgan fingerprint density at radius 3 is 2.63 bits per heavy atom. The third-order valence-electron chi connectivity index (χ3n) is 2.65. The van der Waals surface area contributed by atoms with E-state index in [2.05, 4.69) is 15.4 Å². The molecule has 2 amide bonds. The molecule has 1 unspecified atom stereocenters. The first-order valence-electron chi connectivity index (χ1n) is 6.54. The Balaban J connectivity index is 2.08.